The largest absolute Gasteiger partial charge is 0.298 e. The molecule has 0 aliphatic carbocycles. The van der Waals surface area contributed by atoms with E-state index in [1.54, 1.807) is 11.5 Å². The van der Waals surface area contributed by atoms with Crippen molar-refractivity contribution in [1.82, 2.24) is 9.97 Å². The minimum Gasteiger partial charge on any atom is -0.298 e. The van der Waals surface area contributed by atoms with Gasteiger partial charge in [0.2, 0.25) is 11.8 Å². The number of nitrogens with zero attached hydrogens (tertiary/aromatic N) is 3. The number of hydrogen-bond acceptors (Lipinski definition) is 7. The van der Waals surface area contributed by atoms with Crippen LogP contribution in [-0.4, -0.2) is 21.8 Å². The Morgan fingerprint density at radius 1 is 1.06 bits per heavy atom. The number of aromatic nitrogens is 2. The lowest BCUT2D eigenvalue weighted by atomic mass is 10.3. The molecule has 0 saturated carbocycles. The minimum atomic E-state index is -0.314. The Morgan fingerprint density at radius 3 is 2.58 bits per heavy atom. The molecule has 0 aliphatic heterocycles. The summed E-state index contributed by atoms with van der Waals surface area (Å²) in [5, 5.41) is 7.45. The molecule has 0 spiro atoms. The van der Waals surface area contributed by atoms with E-state index < -0.39 is 0 Å². The van der Waals surface area contributed by atoms with Gasteiger partial charge in [-0.05, 0) is 30.3 Å². The van der Waals surface area contributed by atoms with Crippen molar-refractivity contribution in [2.24, 2.45) is 0 Å². The predicted molar refractivity (Wildman–Crippen MR) is 129 cm³/mol. The molecule has 10 heteroatoms. The normalized spacial score (nSPS) is 11.0. The van der Waals surface area contributed by atoms with Crippen molar-refractivity contribution in [3.63, 3.8) is 0 Å². The van der Waals surface area contributed by atoms with Crippen molar-refractivity contribution in [2.45, 2.75) is 6.92 Å². The molecule has 0 radical (unpaired) electrons. The van der Waals surface area contributed by atoms with Crippen LogP contribution in [0.4, 0.5) is 16.0 Å². The Morgan fingerprint density at radius 2 is 1.87 bits per heavy atom. The lowest BCUT2D eigenvalue weighted by Gasteiger charge is -2.17. The van der Waals surface area contributed by atoms with Gasteiger partial charge in [-0.1, -0.05) is 29.8 Å². The van der Waals surface area contributed by atoms with Crippen LogP contribution >= 0.6 is 45.6 Å². The first-order chi connectivity index (χ1) is 15.0. The zero-order chi connectivity index (χ0) is 21.8. The number of anilines is 3. The molecule has 0 fully saturated rings. The van der Waals surface area contributed by atoms with Crippen LogP contribution in [0.15, 0.2) is 59.3 Å². The molecule has 3 aromatic heterocycles. The Balaban J connectivity index is 1.42. The molecule has 0 bridgehead atoms. The molecule has 0 atom stereocenters. The van der Waals surface area contributed by atoms with Crippen molar-refractivity contribution in [3.05, 3.63) is 69.3 Å². The summed E-state index contributed by atoms with van der Waals surface area (Å²) in [5.41, 5.74) is 2.10. The summed E-state index contributed by atoms with van der Waals surface area (Å²) in [7, 11) is 0. The van der Waals surface area contributed by atoms with Gasteiger partial charge in [-0.3, -0.25) is 19.8 Å². The molecule has 1 N–H and O–H groups in total. The third kappa shape index (κ3) is 5.26. The third-order valence-electron chi connectivity index (χ3n) is 4.00. The lowest BCUT2D eigenvalue weighted by Crippen LogP contribution is -2.22. The molecular weight excluding hydrogens is 472 g/mol. The van der Waals surface area contributed by atoms with Crippen LogP contribution in [0.25, 0.3) is 16.6 Å². The van der Waals surface area contributed by atoms with Crippen LogP contribution in [0.2, 0.25) is 4.34 Å². The van der Waals surface area contributed by atoms with Gasteiger partial charge >= 0.3 is 0 Å². The van der Waals surface area contributed by atoms with Gasteiger partial charge in [0.05, 0.1) is 26.3 Å². The molecule has 2 amide bonds. The number of rotatable bonds is 6. The fourth-order valence-corrected chi connectivity index (χ4v) is 5.31. The van der Waals surface area contributed by atoms with Crippen molar-refractivity contribution in [2.75, 3.05) is 10.2 Å². The lowest BCUT2D eigenvalue weighted by molar-refractivity contribution is -0.116. The zero-order valence-electron chi connectivity index (χ0n) is 16.1. The van der Waals surface area contributed by atoms with E-state index in [9.17, 15) is 9.59 Å². The second-order valence-corrected chi connectivity index (χ2v) is 9.62. The fourth-order valence-electron chi connectivity index (χ4n) is 2.66. The number of amides is 2. The first-order valence-corrected chi connectivity index (χ1v) is 12.0. The van der Waals surface area contributed by atoms with Crippen molar-refractivity contribution < 1.29 is 9.59 Å². The molecule has 4 rings (SSSR count). The van der Waals surface area contributed by atoms with Crippen LogP contribution in [0.5, 0.6) is 0 Å². The number of thiazole rings is 2. The minimum absolute atomic E-state index is 0.138. The molecule has 6 nitrogen and oxygen atoms in total. The average Bonchev–Trinajstić information content (AvgIpc) is 3.49. The number of para-hydroxylation sites is 1. The molecular formula is C21H15ClN4O2S3. The summed E-state index contributed by atoms with van der Waals surface area (Å²) in [6, 6.07) is 13.0. The Labute approximate surface area is 195 Å². The Hall–Kier alpha value is -2.85. The summed E-state index contributed by atoms with van der Waals surface area (Å²) in [5.74, 6) is -0.452. The molecule has 0 saturated heterocycles. The second-order valence-electron chi connectivity index (χ2n) is 6.21. The number of thiophene rings is 1. The van der Waals surface area contributed by atoms with Crippen molar-refractivity contribution >= 4 is 79.5 Å². The monoisotopic (exact) mass is 486 g/mol. The highest BCUT2D eigenvalue weighted by molar-refractivity contribution is 7.20. The van der Waals surface area contributed by atoms with E-state index in [0.29, 0.717) is 20.3 Å². The maximum atomic E-state index is 12.3. The van der Waals surface area contributed by atoms with E-state index in [-0.39, 0.29) is 11.8 Å². The standard InChI is InChI=1S/C21H15ClN4O2S3/c1-13(27)26(15-5-3-2-4-6-15)21-23-14(11-30-21)7-10-19(28)25-20-24-16(12-29-20)17-8-9-18(22)31-17/h2-12H,1H3,(H,24,25,28)/b10-7+. The average molecular weight is 487 g/mol. The van der Waals surface area contributed by atoms with Gasteiger partial charge in [0, 0.05) is 23.8 Å². The van der Waals surface area contributed by atoms with Crippen molar-refractivity contribution in [1.29, 1.82) is 0 Å². The smallest absolute Gasteiger partial charge is 0.250 e. The summed E-state index contributed by atoms with van der Waals surface area (Å²) < 4.78 is 0.690. The third-order valence-corrected chi connectivity index (χ3v) is 6.85. The van der Waals surface area contributed by atoms with Gasteiger partial charge in [0.15, 0.2) is 10.3 Å². The highest BCUT2D eigenvalue weighted by Crippen LogP contribution is 2.33. The van der Waals surface area contributed by atoms with Gasteiger partial charge < -0.3 is 0 Å². The zero-order valence-corrected chi connectivity index (χ0v) is 19.3. The topological polar surface area (TPSA) is 75.2 Å². The van der Waals surface area contributed by atoms with E-state index >= 15 is 0 Å². The van der Waals surface area contributed by atoms with E-state index in [2.05, 4.69) is 15.3 Å². The van der Waals surface area contributed by atoms with E-state index in [0.717, 1.165) is 16.3 Å². The van der Waals surface area contributed by atoms with Crippen LogP contribution in [0.3, 0.4) is 0 Å². The fraction of sp³-hybridized carbons (Fsp3) is 0.0476. The molecule has 156 valence electrons. The first-order valence-electron chi connectivity index (χ1n) is 9.01. The molecule has 4 aromatic rings. The van der Waals surface area contributed by atoms with Gasteiger partial charge in [0.25, 0.3) is 0 Å². The van der Waals surface area contributed by atoms with E-state index in [1.165, 1.54) is 51.9 Å². The van der Waals surface area contributed by atoms with Crippen LogP contribution in [-0.2, 0) is 9.59 Å². The first kappa shape index (κ1) is 21.4. The molecule has 1 aromatic carbocycles. The van der Waals surface area contributed by atoms with Crippen LogP contribution in [0.1, 0.15) is 12.6 Å². The van der Waals surface area contributed by atoms with E-state index in [4.69, 9.17) is 11.6 Å². The molecule has 3 heterocycles. The molecule has 31 heavy (non-hydrogen) atoms. The van der Waals surface area contributed by atoms with Gasteiger partial charge in [-0.15, -0.1) is 34.0 Å². The predicted octanol–water partition coefficient (Wildman–Crippen LogP) is 6.32. The van der Waals surface area contributed by atoms with Crippen molar-refractivity contribution in [3.8, 4) is 10.6 Å². The Kier molecular flexibility index (Phi) is 6.57. The van der Waals surface area contributed by atoms with Gasteiger partial charge in [-0.2, -0.15) is 0 Å². The number of carbonyl (C=O) groups excluding carboxylic acids is 2. The summed E-state index contributed by atoms with van der Waals surface area (Å²) in [6.07, 6.45) is 2.99. The van der Waals surface area contributed by atoms with Crippen LogP contribution < -0.4 is 10.2 Å². The number of nitrogens with one attached hydrogen (secondary N) is 1. The summed E-state index contributed by atoms with van der Waals surface area (Å²) in [4.78, 5) is 35.8. The highest BCUT2D eigenvalue weighted by Gasteiger charge is 2.17. The van der Waals surface area contributed by atoms with Gasteiger partial charge in [-0.25, -0.2) is 9.97 Å². The second kappa shape index (κ2) is 9.52. The Bertz CT molecular complexity index is 1250. The quantitative estimate of drug-likeness (QED) is 0.323. The van der Waals surface area contributed by atoms with Gasteiger partial charge in [0.1, 0.15) is 0 Å². The maximum Gasteiger partial charge on any atom is 0.250 e. The van der Waals surface area contributed by atoms with Crippen LogP contribution in [0, 0.1) is 0 Å². The number of halogens is 1. The SMILES string of the molecule is CC(=O)N(c1ccccc1)c1nc(/C=C/C(=O)Nc2nc(-c3ccc(Cl)s3)cs2)cs1. The maximum absolute atomic E-state index is 12.3. The summed E-state index contributed by atoms with van der Waals surface area (Å²) in [6.45, 7) is 1.49. The number of carbonyl (C=O) groups is 2. The molecule has 0 unspecified atom stereocenters. The van der Waals surface area contributed by atoms with E-state index in [1.807, 2.05) is 47.8 Å². The number of benzene rings is 1. The summed E-state index contributed by atoms with van der Waals surface area (Å²) >= 11 is 10.1. The molecule has 0 aliphatic rings. The number of hydrogen-bond donors (Lipinski definition) is 1. The highest BCUT2D eigenvalue weighted by atomic mass is 35.5.